The number of methoxy groups -OCH3 is 1. The van der Waals surface area contributed by atoms with Gasteiger partial charge in [0.25, 0.3) is 0 Å². The van der Waals surface area contributed by atoms with Crippen molar-refractivity contribution in [2.24, 2.45) is 5.41 Å². The molecule has 28 heavy (non-hydrogen) atoms. The van der Waals surface area contributed by atoms with E-state index in [0.717, 1.165) is 31.5 Å². The van der Waals surface area contributed by atoms with Crippen LogP contribution in [0.25, 0.3) is 0 Å². The van der Waals surface area contributed by atoms with Gasteiger partial charge in [-0.1, -0.05) is 18.2 Å². The second-order valence-electron chi connectivity index (χ2n) is 6.86. The summed E-state index contributed by atoms with van der Waals surface area (Å²) in [7, 11) is 1.63. The number of ether oxygens (including phenoxy) is 2. The molecular formula is C21H26ClFN2O3. The molecule has 1 fully saturated rings. The molecule has 0 unspecified atom stereocenters. The summed E-state index contributed by atoms with van der Waals surface area (Å²) >= 11 is 0. The number of hydrogen-bond donors (Lipinski definition) is 2. The highest BCUT2D eigenvalue weighted by atomic mass is 35.5. The third-order valence-electron chi connectivity index (χ3n) is 4.85. The number of halogens is 2. The van der Waals surface area contributed by atoms with Gasteiger partial charge < -0.3 is 20.1 Å². The van der Waals surface area contributed by atoms with Crippen molar-refractivity contribution in [1.29, 1.82) is 0 Å². The zero-order valence-electron chi connectivity index (χ0n) is 15.9. The van der Waals surface area contributed by atoms with E-state index in [1.165, 1.54) is 12.1 Å². The number of anilines is 1. The van der Waals surface area contributed by atoms with E-state index < -0.39 is 5.41 Å². The van der Waals surface area contributed by atoms with Crippen molar-refractivity contribution in [3.8, 4) is 5.75 Å². The van der Waals surface area contributed by atoms with Crippen LogP contribution < -0.4 is 15.4 Å². The first-order chi connectivity index (χ1) is 13.1. The largest absolute Gasteiger partial charge is 0.489 e. The van der Waals surface area contributed by atoms with Crippen LogP contribution in [0.3, 0.4) is 0 Å². The lowest BCUT2D eigenvalue weighted by atomic mass is 9.78. The third-order valence-corrected chi connectivity index (χ3v) is 4.85. The van der Waals surface area contributed by atoms with Gasteiger partial charge in [-0.2, -0.15) is 0 Å². The molecule has 0 aromatic heterocycles. The second kappa shape index (κ2) is 10.4. The number of piperidine rings is 1. The summed E-state index contributed by atoms with van der Waals surface area (Å²) in [4.78, 5) is 12.9. The summed E-state index contributed by atoms with van der Waals surface area (Å²) in [5, 5.41) is 6.31. The van der Waals surface area contributed by atoms with Gasteiger partial charge in [0.2, 0.25) is 5.91 Å². The number of rotatable bonds is 7. The smallest absolute Gasteiger partial charge is 0.233 e. The van der Waals surface area contributed by atoms with Crippen molar-refractivity contribution in [1.82, 2.24) is 5.32 Å². The fourth-order valence-corrected chi connectivity index (χ4v) is 3.34. The predicted molar refractivity (Wildman–Crippen MR) is 109 cm³/mol. The quantitative estimate of drug-likeness (QED) is 0.732. The van der Waals surface area contributed by atoms with E-state index in [1.807, 2.05) is 24.3 Å². The average Bonchev–Trinajstić information content (AvgIpc) is 2.68. The lowest BCUT2D eigenvalue weighted by Crippen LogP contribution is -2.47. The van der Waals surface area contributed by atoms with Crippen molar-refractivity contribution >= 4 is 24.0 Å². The highest BCUT2D eigenvalue weighted by Crippen LogP contribution is 2.31. The van der Waals surface area contributed by atoms with Gasteiger partial charge in [0.1, 0.15) is 18.2 Å². The lowest BCUT2D eigenvalue weighted by Gasteiger charge is -2.35. The first-order valence-electron chi connectivity index (χ1n) is 9.10. The zero-order valence-corrected chi connectivity index (χ0v) is 16.7. The first-order valence-corrected chi connectivity index (χ1v) is 9.10. The SMILES string of the molecule is COCC1(C(=O)Nc2cccc(COc3cccc(F)c3)c2)CCNCC1.Cl. The van der Waals surface area contributed by atoms with Crippen LogP contribution in [-0.4, -0.2) is 32.7 Å². The molecule has 7 heteroatoms. The molecule has 2 N–H and O–H groups in total. The van der Waals surface area contributed by atoms with Crippen molar-refractivity contribution in [3.63, 3.8) is 0 Å². The predicted octanol–water partition coefficient (Wildman–Crippen LogP) is 3.78. The van der Waals surface area contributed by atoms with Crippen molar-refractivity contribution in [2.45, 2.75) is 19.4 Å². The topological polar surface area (TPSA) is 59.6 Å². The normalized spacial score (nSPS) is 15.4. The van der Waals surface area contributed by atoms with Gasteiger partial charge in [-0.25, -0.2) is 4.39 Å². The minimum atomic E-state index is -0.506. The van der Waals surface area contributed by atoms with E-state index >= 15 is 0 Å². The third kappa shape index (κ3) is 5.67. The standard InChI is InChI=1S/C21H25FN2O3.ClH/c1-26-15-21(8-10-23-11-9-21)20(25)24-18-6-2-4-16(12-18)14-27-19-7-3-5-17(22)13-19;/h2-7,12-13,23H,8-11,14-15H2,1H3,(H,24,25);1H. The Balaban J connectivity index is 0.00000280. The molecule has 3 rings (SSSR count). The molecule has 0 spiro atoms. The van der Waals surface area contributed by atoms with E-state index in [9.17, 15) is 9.18 Å². The van der Waals surface area contributed by atoms with Crippen molar-refractivity contribution in [2.75, 3.05) is 32.1 Å². The fraction of sp³-hybridized carbons (Fsp3) is 0.381. The number of benzene rings is 2. The van der Waals surface area contributed by atoms with Crippen molar-refractivity contribution in [3.05, 3.63) is 59.9 Å². The molecule has 0 saturated carbocycles. The molecule has 5 nitrogen and oxygen atoms in total. The molecule has 2 aromatic rings. The van der Waals surface area contributed by atoms with Gasteiger partial charge in [-0.05, 0) is 55.8 Å². The zero-order chi connectivity index (χ0) is 19.1. The Labute approximate surface area is 171 Å². The molecular weight excluding hydrogens is 383 g/mol. The van der Waals surface area contributed by atoms with E-state index in [0.29, 0.717) is 24.7 Å². The highest BCUT2D eigenvalue weighted by molar-refractivity contribution is 5.95. The van der Waals surface area contributed by atoms with Crippen LogP contribution in [0.15, 0.2) is 48.5 Å². The number of nitrogens with one attached hydrogen (secondary N) is 2. The molecule has 1 aliphatic heterocycles. The molecule has 1 amide bonds. The molecule has 1 heterocycles. The van der Waals surface area contributed by atoms with Gasteiger partial charge in [0.15, 0.2) is 0 Å². The Morgan fingerprint density at radius 3 is 2.64 bits per heavy atom. The van der Waals surface area contributed by atoms with E-state index in [4.69, 9.17) is 9.47 Å². The fourth-order valence-electron chi connectivity index (χ4n) is 3.34. The van der Waals surface area contributed by atoms with Crippen LogP contribution in [0.1, 0.15) is 18.4 Å². The maximum atomic E-state index is 13.2. The van der Waals surface area contributed by atoms with Crippen LogP contribution in [0, 0.1) is 11.2 Å². The van der Waals surface area contributed by atoms with Crippen LogP contribution in [-0.2, 0) is 16.1 Å². The second-order valence-corrected chi connectivity index (χ2v) is 6.86. The van der Waals surface area contributed by atoms with Crippen LogP contribution in [0.4, 0.5) is 10.1 Å². The van der Waals surface area contributed by atoms with Gasteiger partial charge in [-0.15, -0.1) is 12.4 Å². The summed E-state index contributed by atoms with van der Waals surface area (Å²) < 4.78 is 24.2. The van der Waals surface area contributed by atoms with Gasteiger partial charge in [0, 0.05) is 18.9 Å². The Morgan fingerprint density at radius 2 is 1.93 bits per heavy atom. The molecule has 1 saturated heterocycles. The van der Waals surface area contributed by atoms with Gasteiger partial charge in [-0.3, -0.25) is 4.79 Å². The monoisotopic (exact) mass is 408 g/mol. The van der Waals surface area contributed by atoms with Crippen LogP contribution in [0.5, 0.6) is 5.75 Å². The summed E-state index contributed by atoms with van der Waals surface area (Å²) in [5.41, 5.74) is 1.10. The summed E-state index contributed by atoms with van der Waals surface area (Å²) in [6.07, 6.45) is 1.49. The van der Waals surface area contributed by atoms with Crippen LogP contribution >= 0.6 is 12.4 Å². The number of amides is 1. The molecule has 0 radical (unpaired) electrons. The van der Waals surface area contributed by atoms with E-state index in [2.05, 4.69) is 10.6 Å². The number of hydrogen-bond acceptors (Lipinski definition) is 4. The Bertz CT molecular complexity index is 776. The van der Waals surface area contributed by atoms with E-state index in [-0.39, 0.29) is 24.1 Å². The Hall–Kier alpha value is -2.15. The number of carbonyl (C=O) groups is 1. The lowest BCUT2D eigenvalue weighted by molar-refractivity contribution is -0.130. The minimum Gasteiger partial charge on any atom is -0.489 e. The molecule has 2 aromatic carbocycles. The highest BCUT2D eigenvalue weighted by Gasteiger charge is 2.39. The maximum absolute atomic E-state index is 13.2. The first kappa shape index (κ1) is 22.1. The Kier molecular flexibility index (Phi) is 8.23. The van der Waals surface area contributed by atoms with Crippen LogP contribution in [0.2, 0.25) is 0 Å². The maximum Gasteiger partial charge on any atom is 0.233 e. The number of carbonyl (C=O) groups excluding carboxylic acids is 1. The Morgan fingerprint density at radius 1 is 1.18 bits per heavy atom. The molecule has 0 aliphatic carbocycles. The summed E-state index contributed by atoms with van der Waals surface area (Å²) in [6.45, 7) is 2.31. The van der Waals surface area contributed by atoms with Gasteiger partial charge >= 0.3 is 0 Å². The van der Waals surface area contributed by atoms with E-state index in [1.54, 1.807) is 19.2 Å². The minimum absolute atomic E-state index is 0. The average molecular weight is 409 g/mol. The molecule has 152 valence electrons. The summed E-state index contributed by atoms with van der Waals surface area (Å²) in [6, 6.07) is 13.5. The summed E-state index contributed by atoms with van der Waals surface area (Å²) in [5.74, 6) is 0.117. The molecule has 0 bridgehead atoms. The van der Waals surface area contributed by atoms with Gasteiger partial charge in [0.05, 0.1) is 12.0 Å². The van der Waals surface area contributed by atoms with Crippen molar-refractivity contribution < 1.29 is 18.7 Å². The molecule has 0 atom stereocenters. The molecule has 1 aliphatic rings.